The molecule has 0 aliphatic heterocycles. The van der Waals surface area contributed by atoms with Gasteiger partial charge in [0.2, 0.25) is 15.9 Å². The lowest BCUT2D eigenvalue weighted by atomic mass is 10.2. The van der Waals surface area contributed by atoms with Crippen LogP contribution in [0.3, 0.4) is 0 Å². The van der Waals surface area contributed by atoms with Crippen molar-refractivity contribution in [1.82, 2.24) is 13.9 Å². The summed E-state index contributed by atoms with van der Waals surface area (Å²) in [5.41, 5.74) is 1.09. The number of para-hydroxylation sites is 1. The molecule has 0 aliphatic carbocycles. The molecule has 10 nitrogen and oxygen atoms in total. The van der Waals surface area contributed by atoms with Gasteiger partial charge in [-0.1, -0.05) is 32.0 Å². The normalized spacial score (nSPS) is 11.6. The molecule has 198 valence electrons. The van der Waals surface area contributed by atoms with Gasteiger partial charge in [0, 0.05) is 24.5 Å². The monoisotopic (exact) mass is 553 g/mol. The van der Waals surface area contributed by atoms with Crippen molar-refractivity contribution in [3.8, 4) is 0 Å². The van der Waals surface area contributed by atoms with Crippen molar-refractivity contribution in [2.24, 2.45) is 0 Å². The fourth-order valence-electron chi connectivity index (χ4n) is 3.98. The van der Waals surface area contributed by atoms with Gasteiger partial charge in [-0.25, -0.2) is 13.4 Å². The van der Waals surface area contributed by atoms with Crippen LogP contribution in [0.25, 0.3) is 10.2 Å². The first-order valence-corrected chi connectivity index (χ1v) is 14.2. The predicted octanol–water partition coefficient (Wildman–Crippen LogP) is 3.69. The summed E-state index contributed by atoms with van der Waals surface area (Å²) in [6.45, 7) is 5.62. The maximum Gasteiger partial charge on any atom is 0.266 e. The molecule has 2 N–H and O–H groups in total. The highest BCUT2D eigenvalue weighted by atomic mass is 32.2. The lowest BCUT2D eigenvalue weighted by molar-refractivity contribution is -0.116. The summed E-state index contributed by atoms with van der Waals surface area (Å²) in [6, 6.07) is 14.8. The molecule has 2 amide bonds. The standard InChI is InChI=1S/C26H27N5O5S2/c1-4-31(5-2)38(35,36)20-13-11-19(12-14-20)28-21(32)15-30-16-27-25-22(26(30)34)17(3)23(37-25)24(33)29-18-9-7-6-8-10-18/h6-14,16H,4-5,15H2,1-3H3,(H,28,32)(H,29,33). The molecule has 2 heterocycles. The van der Waals surface area contributed by atoms with E-state index in [0.717, 1.165) is 11.3 Å². The first kappa shape index (κ1) is 27.2. The second-order valence-electron chi connectivity index (χ2n) is 8.40. The molecule has 2 aromatic heterocycles. The quantitative estimate of drug-likeness (QED) is 0.325. The summed E-state index contributed by atoms with van der Waals surface area (Å²) in [5, 5.41) is 5.77. The van der Waals surface area contributed by atoms with E-state index in [1.54, 1.807) is 45.0 Å². The van der Waals surface area contributed by atoms with Gasteiger partial charge in [-0.3, -0.25) is 19.0 Å². The number of sulfonamides is 1. The van der Waals surface area contributed by atoms with Crippen LogP contribution in [0.2, 0.25) is 0 Å². The van der Waals surface area contributed by atoms with Gasteiger partial charge in [-0.2, -0.15) is 4.31 Å². The molecule has 0 saturated carbocycles. The second-order valence-corrected chi connectivity index (χ2v) is 11.3. The minimum atomic E-state index is -3.61. The van der Waals surface area contributed by atoms with Gasteiger partial charge in [0.25, 0.3) is 11.5 Å². The number of thiophene rings is 1. The van der Waals surface area contributed by atoms with Crippen LogP contribution < -0.4 is 16.2 Å². The van der Waals surface area contributed by atoms with Gasteiger partial charge in [-0.05, 0) is 48.9 Å². The number of amides is 2. The molecule has 0 spiro atoms. The van der Waals surface area contributed by atoms with E-state index in [0.29, 0.717) is 39.7 Å². The summed E-state index contributed by atoms with van der Waals surface area (Å²) in [4.78, 5) is 43.8. The Balaban J connectivity index is 1.50. The Morgan fingerprint density at radius 3 is 2.24 bits per heavy atom. The lowest BCUT2D eigenvalue weighted by Crippen LogP contribution is -2.30. The number of hydrogen-bond acceptors (Lipinski definition) is 7. The van der Waals surface area contributed by atoms with Crippen LogP contribution in [0.1, 0.15) is 29.1 Å². The predicted molar refractivity (Wildman–Crippen MR) is 148 cm³/mol. The number of benzene rings is 2. The highest BCUT2D eigenvalue weighted by Crippen LogP contribution is 2.27. The average Bonchev–Trinajstić information content (AvgIpc) is 3.24. The number of fused-ring (bicyclic) bond motifs is 1. The summed E-state index contributed by atoms with van der Waals surface area (Å²) < 4.78 is 27.8. The number of anilines is 2. The van der Waals surface area contributed by atoms with Crippen molar-refractivity contribution in [1.29, 1.82) is 0 Å². The van der Waals surface area contributed by atoms with Crippen LogP contribution in [0.5, 0.6) is 0 Å². The molecule has 12 heteroatoms. The number of hydrogen-bond donors (Lipinski definition) is 2. The van der Waals surface area contributed by atoms with E-state index >= 15 is 0 Å². The number of carbonyl (C=O) groups excluding carboxylic acids is 2. The molecule has 4 aromatic rings. The third-order valence-corrected chi connectivity index (χ3v) is 9.21. The molecule has 4 rings (SSSR count). The van der Waals surface area contributed by atoms with E-state index in [4.69, 9.17) is 0 Å². The van der Waals surface area contributed by atoms with Gasteiger partial charge in [0.05, 0.1) is 21.5 Å². The molecule has 0 aliphatic rings. The average molecular weight is 554 g/mol. The molecular formula is C26H27N5O5S2. The summed E-state index contributed by atoms with van der Waals surface area (Å²) in [5.74, 6) is -0.825. The fourth-order valence-corrected chi connectivity index (χ4v) is 6.47. The smallest absolute Gasteiger partial charge is 0.266 e. The van der Waals surface area contributed by atoms with E-state index < -0.39 is 21.5 Å². The summed E-state index contributed by atoms with van der Waals surface area (Å²) >= 11 is 1.11. The highest BCUT2D eigenvalue weighted by Gasteiger charge is 2.22. The van der Waals surface area contributed by atoms with Gasteiger partial charge < -0.3 is 10.6 Å². The van der Waals surface area contributed by atoms with Crippen molar-refractivity contribution in [2.45, 2.75) is 32.2 Å². The van der Waals surface area contributed by atoms with E-state index in [1.165, 1.54) is 39.5 Å². The molecule has 0 radical (unpaired) electrons. The highest BCUT2D eigenvalue weighted by molar-refractivity contribution is 7.89. The van der Waals surface area contributed by atoms with Crippen LogP contribution in [-0.2, 0) is 21.4 Å². The van der Waals surface area contributed by atoms with Crippen LogP contribution >= 0.6 is 11.3 Å². The lowest BCUT2D eigenvalue weighted by Gasteiger charge is -2.18. The Morgan fingerprint density at radius 2 is 1.61 bits per heavy atom. The minimum Gasteiger partial charge on any atom is -0.325 e. The first-order valence-electron chi connectivity index (χ1n) is 11.9. The second kappa shape index (κ2) is 11.3. The van der Waals surface area contributed by atoms with Crippen LogP contribution in [0.4, 0.5) is 11.4 Å². The first-order chi connectivity index (χ1) is 18.1. The van der Waals surface area contributed by atoms with Crippen molar-refractivity contribution in [3.05, 3.63) is 81.7 Å². The minimum absolute atomic E-state index is 0.130. The Hall–Kier alpha value is -3.87. The van der Waals surface area contributed by atoms with Gasteiger partial charge >= 0.3 is 0 Å². The van der Waals surface area contributed by atoms with Gasteiger partial charge in [-0.15, -0.1) is 11.3 Å². The number of rotatable bonds is 9. The number of aryl methyl sites for hydroxylation is 1. The SMILES string of the molecule is CCN(CC)S(=O)(=O)c1ccc(NC(=O)Cn2cnc3sc(C(=O)Nc4ccccc4)c(C)c3c2=O)cc1. The van der Waals surface area contributed by atoms with E-state index in [-0.39, 0.29) is 22.7 Å². The molecule has 0 atom stereocenters. The van der Waals surface area contributed by atoms with Crippen LogP contribution in [0, 0.1) is 6.92 Å². The van der Waals surface area contributed by atoms with E-state index in [1.807, 2.05) is 6.07 Å². The molecular weight excluding hydrogens is 526 g/mol. The zero-order valence-electron chi connectivity index (χ0n) is 21.1. The molecule has 2 aromatic carbocycles. The summed E-state index contributed by atoms with van der Waals surface area (Å²) in [7, 11) is -3.61. The number of aromatic nitrogens is 2. The largest absolute Gasteiger partial charge is 0.325 e. The third kappa shape index (κ3) is 5.52. The fraction of sp³-hybridized carbons (Fsp3) is 0.231. The summed E-state index contributed by atoms with van der Waals surface area (Å²) in [6.07, 6.45) is 1.28. The zero-order chi connectivity index (χ0) is 27.4. The maximum atomic E-state index is 13.2. The van der Waals surface area contributed by atoms with E-state index in [2.05, 4.69) is 15.6 Å². The molecule has 38 heavy (non-hydrogen) atoms. The van der Waals surface area contributed by atoms with Crippen molar-refractivity contribution in [2.75, 3.05) is 23.7 Å². The van der Waals surface area contributed by atoms with Gasteiger partial charge in [0.1, 0.15) is 11.4 Å². The number of carbonyl (C=O) groups is 2. The Bertz CT molecular complexity index is 1640. The Labute approximate surface area is 224 Å². The topological polar surface area (TPSA) is 130 Å². The van der Waals surface area contributed by atoms with E-state index in [9.17, 15) is 22.8 Å². The molecule has 0 bridgehead atoms. The zero-order valence-corrected chi connectivity index (χ0v) is 22.7. The van der Waals surface area contributed by atoms with Crippen molar-refractivity contribution in [3.63, 3.8) is 0 Å². The molecule has 0 fully saturated rings. The maximum absolute atomic E-state index is 13.2. The van der Waals surface area contributed by atoms with Crippen LogP contribution in [0.15, 0.2) is 70.6 Å². The number of nitrogens with zero attached hydrogens (tertiary/aromatic N) is 3. The van der Waals surface area contributed by atoms with Gasteiger partial charge in [0.15, 0.2) is 0 Å². The number of nitrogens with one attached hydrogen (secondary N) is 2. The van der Waals surface area contributed by atoms with Crippen molar-refractivity contribution < 1.29 is 18.0 Å². The molecule has 0 unspecified atom stereocenters. The Kier molecular flexibility index (Phi) is 8.05. The van der Waals surface area contributed by atoms with Crippen molar-refractivity contribution >= 4 is 54.8 Å². The van der Waals surface area contributed by atoms with Crippen LogP contribution in [-0.4, -0.2) is 47.2 Å². The third-order valence-electron chi connectivity index (χ3n) is 5.95. The molecule has 0 saturated heterocycles. The Morgan fingerprint density at radius 1 is 0.974 bits per heavy atom.